The average Bonchev–Trinajstić information content (AvgIpc) is 2.32. The number of hydrogen-bond donors (Lipinski definition) is 1. The van der Waals surface area contributed by atoms with E-state index in [1.807, 2.05) is 0 Å². The Labute approximate surface area is 105 Å². The van der Waals surface area contributed by atoms with Gasteiger partial charge in [0.15, 0.2) is 0 Å². The SMILES string of the molecule is CCCCN(CC)C1(CN)CCCSC1C. The molecule has 2 nitrogen and oxygen atoms in total. The summed E-state index contributed by atoms with van der Waals surface area (Å²) >= 11 is 2.11. The molecule has 0 aromatic rings. The molecule has 2 N–H and O–H groups in total. The van der Waals surface area contributed by atoms with Crippen LogP contribution in [0.2, 0.25) is 0 Å². The summed E-state index contributed by atoms with van der Waals surface area (Å²) in [6, 6.07) is 0. The number of likely N-dealkylation sites (N-methyl/N-ethyl adjacent to an activating group) is 1. The van der Waals surface area contributed by atoms with Gasteiger partial charge in [0.25, 0.3) is 0 Å². The van der Waals surface area contributed by atoms with Gasteiger partial charge >= 0.3 is 0 Å². The summed E-state index contributed by atoms with van der Waals surface area (Å²) < 4.78 is 0. The molecule has 2 atom stereocenters. The van der Waals surface area contributed by atoms with E-state index < -0.39 is 0 Å². The third-order valence-electron chi connectivity index (χ3n) is 4.03. The van der Waals surface area contributed by atoms with Crippen LogP contribution >= 0.6 is 11.8 Å². The largest absolute Gasteiger partial charge is 0.329 e. The van der Waals surface area contributed by atoms with Crippen molar-refractivity contribution < 1.29 is 0 Å². The van der Waals surface area contributed by atoms with Gasteiger partial charge in [-0.2, -0.15) is 11.8 Å². The van der Waals surface area contributed by atoms with Crippen molar-refractivity contribution in [3.05, 3.63) is 0 Å². The molecule has 1 saturated heterocycles. The normalized spacial score (nSPS) is 30.9. The van der Waals surface area contributed by atoms with Crippen LogP contribution in [0.25, 0.3) is 0 Å². The summed E-state index contributed by atoms with van der Waals surface area (Å²) in [5.74, 6) is 1.31. The Kier molecular flexibility index (Phi) is 6.16. The number of unbranched alkanes of at least 4 members (excludes halogenated alkanes) is 1. The number of nitrogens with two attached hydrogens (primary N) is 1. The maximum atomic E-state index is 6.12. The Bertz CT molecular complexity index is 198. The molecule has 0 aromatic heterocycles. The summed E-state index contributed by atoms with van der Waals surface area (Å²) in [5.41, 5.74) is 6.39. The van der Waals surface area contributed by atoms with Gasteiger partial charge < -0.3 is 5.73 Å². The number of rotatable bonds is 6. The van der Waals surface area contributed by atoms with Gasteiger partial charge in [-0.05, 0) is 38.1 Å². The number of nitrogens with zero attached hydrogens (tertiary/aromatic N) is 1. The zero-order valence-electron chi connectivity index (χ0n) is 11.2. The molecule has 1 heterocycles. The van der Waals surface area contributed by atoms with Gasteiger partial charge in [0.2, 0.25) is 0 Å². The third-order valence-corrected chi connectivity index (χ3v) is 5.49. The lowest BCUT2D eigenvalue weighted by molar-refractivity contribution is 0.0859. The Balaban J connectivity index is 2.73. The van der Waals surface area contributed by atoms with Crippen molar-refractivity contribution in [3.63, 3.8) is 0 Å². The lowest BCUT2D eigenvalue weighted by Crippen LogP contribution is -2.61. The Morgan fingerprint density at radius 1 is 1.44 bits per heavy atom. The second-order valence-corrected chi connectivity index (χ2v) is 6.31. The van der Waals surface area contributed by atoms with Crippen LogP contribution in [0, 0.1) is 0 Å². The highest BCUT2D eigenvalue weighted by Gasteiger charge is 2.41. The van der Waals surface area contributed by atoms with Crippen molar-refractivity contribution in [1.29, 1.82) is 0 Å². The van der Waals surface area contributed by atoms with E-state index in [1.54, 1.807) is 0 Å². The summed E-state index contributed by atoms with van der Waals surface area (Å²) in [7, 11) is 0. The Morgan fingerprint density at radius 3 is 2.69 bits per heavy atom. The van der Waals surface area contributed by atoms with Crippen molar-refractivity contribution in [2.45, 2.75) is 57.2 Å². The highest BCUT2D eigenvalue weighted by molar-refractivity contribution is 8.00. The summed E-state index contributed by atoms with van der Waals surface area (Å²) in [4.78, 5) is 2.65. The van der Waals surface area contributed by atoms with Crippen molar-refractivity contribution >= 4 is 11.8 Å². The van der Waals surface area contributed by atoms with Gasteiger partial charge in [-0.25, -0.2) is 0 Å². The fourth-order valence-corrected chi connectivity index (χ4v) is 4.19. The molecule has 3 heteroatoms. The van der Waals surface area contributed by atoms with Gasteiger partial charge in [-0.15, -0.1) is 0 Å². The molecule has 16 heavy (non-hydrogen) atoms. The quantitative estimate of drug-likeness (QED) is 0.779. The van der Waals surface area contributed by atoms with Gasteiger partial charge in [-0.3, -0.25) is 4.90 Å². The minimum atomic E-state index is 0.271. The van der Waals surface area contributed by atoms with Gasteiger partial charge in [-0.1, -0.05) is 27.2 Å². The second kappa shape index (κ2) is 6.87. The Morgan fingerprint density at radius 2 is 2.19 bits per heavy atom. The monoisotopic (exact) mass is 244 g/mol. The highest BCUT2D eigenvalue weighted by Crippen LogP contribution is 2.37. The molecule has 0 spiro atoms. The van der Waals surface area contributed by atoms with Crippen LogP contribution in [-0.2, 0) is 0 Å². The molecular weight excluding hydrogens is 216 g/mol. The molecule has 96 valence electrons. The van der Waals surface area contributed by atoms with E-state index in [4.69, 9.17) is 5.73 Å². The lowest BCUT2D eigenvalue weighted by atomic mass is 9.87. The van der Waals surface area contributed by atoms with Gasteiger partial charge in [0.05, 0.1) is 0 Å². The molecule has 0 bridgehead atoms. The van der Waals surface area contributed by atoms with E-state index in [0.29, 0.717) is 5.25 Å². The Hall–Kier alpha value is 0.270. The lowest BCUT2D eigenvalue weighted by Gasteiger charge is -2.49. The summed E-state index contributed by atoms with van der Waals surface area (Å²) in [6.45, 7) is 10.1. The van der Waals surface area contributed by atoms with Crippen LogP contribution in [0.3, 0.4) is 0 Å². The molecule has 1 rings (SSSR count). The van der Waals surface area contributed by atoms with Crippen LogP contribution in [0.5, 0.6) is 0 Å². The minimum absolute atomic E-state index is 0.271. The van der Waals surface area contributed by atoms with Crippen LogP contribution in [0.15, 0.2) is 0 Å². The first-order valence-electron chi connectivity index (χ1n) is 6.78. The molecule has 1 aliphatic rings. The van der Waals surface area contributed by atoms with E-state index in [2.05, 4.69) is 37.4 Å². The van der Waals surface area contributed by atoms with Crippen LogP contribution in [0.4, 0.5) is 0 Å². The van der Waals surface area contributed by atoms with Crippen LogP contribution in [-0.4, -0.2) is 41.1 Å². The fourth-order valence-electron chi connectivity index (χ4n) is 2.85. The predicted octanol–water partition coefficient (Wildman–Crippen LogP) is 2.72. The van der Waals surface area contributed by atoms with Gasteiger partial charge in [0, 0.05) is 17.3 Å². The fraction of sp³-hybridized carbons (Fsp3) is 1.00. The van der Waals surface area contributed by atoms with E-state index in [9.17, 15) is 0 Å². The standard InChI is InChI=1S/C13H28N2S/c1-4-6-9-15(5-2)13(11-14)8-7-10-16-12(13)3/h12H,4-11,14H2,1-3H3. The predicted molar refractivity (Wildman–Crippen MR) is 75.1 cm³/mol. The average molecular weight is 244 g/mol. The van der Waals surface area contributed by atoms with Crippen molar-refractivity contribution in [2.24, 2.45) is 5.73 Å². The zero-order valence-corrected chi connectivity index (χ0v) is 12.0. The maximum absolute atomic E-state index is 6.12. The smallest absolute Gasteiger partial charge is 0.0447 e. The zero-order chi connectivity index (χ0) is 12.0. The molecule has 0 amide bonds. The second-order valence-electron chi connectivity index (χ2n) is 4.86. The van der Waals surface area contributed by atoms with E-state index in [1.165, 1.54) is 38.0 Å². The first-order valence-corrected chi connectivity index (χ1v) is 7.82. The van der Waals surface area contributed by atoms with Crippen molar-refractivity contribution in [3.8, 4) is 0 Å². The first-order chi connectivity index (χ1) is 7.71. The number of thioether (sulfide) groups is 1. The third kappa shape index (κ3) is 2.93. The molecule has 0 saturated carbocycles. The molecule has 0 aromatic carbocycles. The van der Waals surface area contributed by atoms with Crippen LogP contribution in [0.1, 0.15) is 46.5 Å². The molecule has 0 radical (unpaired) electrons. The molecule has 1 aliphatic heterocycles. The first kappa shape index (κ1) is 14.3. The summed E-state index contributed by atoms with van der Waals surface area (Å²) in [5, 5.41) is 0.683. The molecular formula is C13H28N2S. The molecule has 0 aliphatic carbocycles. The molecule has 2 unspecified atom stereocenters. The molecule has 1 fully saturated rings. The van der Waals surface area contributed by atoms with Crippen molar-refractivity contribution in [2.75, 3.05) is 25.4 Å². The van der Waals surface area contributed by atoms with Gasteiger partial charge in [0.1, 0.15) is 0 Å². The van der Waals surface area contributed by atoms with Crippen molar-refractivity contribution in [1.82, 2.24) is 4.90 Å². The van der Waals surface area contributed by atoms with E-state index >= 15 is 0 Å². The van der Waals surface area contributed by atoms with Crippen LogP contribution < -0.4 is 5.73 Å². The van der Waals surface area contributed by atoms with E-state index in [-0.39, 0.29) is 5.54 Å². The topological polar surface area (TPSA) is 29.3 Å². The summed E-state index contributed by atoms with van der Waals surface area (Å²) in [6.07, 6.45) is 5.19. The minimum Gasteiger partial charge on any atom is -0.329 e. The van der Waals surface area contributed by atoms with E-state index in [0.717, 1.165) is 13.1 Å². The maximum Gasteiger partial charge on any atom is 0.0447 e. The highest BCUT2D eigenvalue weighted by atomic mass is 32.2. The number of hydrogen-bond acceptors (Lipinski definition) is 3.